The fraction of sp³-hybridized carbons (Fsp3) is 0.562. The number of amides is 1. The average molecular weight is 273 g/mol. The number of carbonyl (C=O) groups is 1. The molecular formula is C16H23N3O. The zero-order valence-electron chi connectivity index (χ0n) is 11.8. The second-order valence-corrected chi connectivity index (χ2v) is 5.86. The number of rotatable bonds is 4. The lowest BCUT2D eigenvalue weighted by Crippen LogP contribution is -2.46. The van der Waals surface area contributed by atoms with Gasteiger partial charge in [-0.2, -0.15) is 0 Å². The van der Waals surface area contributed by atoms with Gasteiger partial charge < -0.3 is 10.6 Å². The van der Waals surface area contributed by atoms with Gasteiger partial charge >= 0.3 is 0 Å². The SMILES string of the molecule is O=C(NC1CCN(Cc2ccccc2)C1)[C@@H]1CCCN1. The van der Waals surface area contributed by atoms with Crippen LogP contribution in [0.2, 0.25) is 0 Å². The smallest absolute Gasteiger partial charge is 0.237 e. The van der Waals surface area contributed by atoms with Crippen LogP contribution in [0.1, 0.15) is 24.8 Å². The first-order chi connectivity index (χ1) is 9.81. The minimum atomic E-state index is 0.0400. The van der Waals surface area contributed by atoms with Gasteiger partial charge in [0.05, 0.1) is 6.04 Å². The zero-order chi connectivity index (χ0) is 13.8. The third-order valence-corrected chi connectivity index (χ3v) is 4.24. The molecule has 2 aliphatic rings. The van der Waals surface area contributed by atoms with Crippen LogP contribution in [0.25, 0.3) is 0 Å². The molecule has 2 atom stereocenters. The van der Waals surface area contributed by atoms with Crippen LogP contribution in [0.15, 0.2) is 30.3 Å². The van der Waals surface area contributed by atoms with Gasteiger partial charge in [0.2, 0.25) is 5.91 Å². The molecule has 0 radical (unpaired) electrons. The van der Waals surface area contributed by atoms with Crippen LogP contribution in [0.4, 0.5) is 0 Å². The maximum absolute atomic E-state index is 12.1. The molecule has 1 amide bonds. The van der Waals surface area contributed by atoms with Crippen LogP contribution < -0.4 is 10.6 Å². The van der Waals surface area contributed by atoms with E-state index in [1.54, 1.807) is 0 Å². The zero-order valence-corrected chi connectivity index (χ0v) is 11.8. The number of nitrogens with one attached hydrogen (secondary N) is 2. The highest BCUT2D eigenvalue weighted by molar-refractivity contribution is 5.82. The number of benzene rings is 1. The van der Waals surface area contributed by atoms with Crippen LogP contribution in [0.5, 0.6) is 0 Å². The second-order valence-electron chi connectivity index (χ2n) is 5.86. The Hall–Kier alpha value is -1.39. The number of likely N-dealkylation sites (tertiary alicyclic amines) is 1. The summed E-state index contributed by atoms with van der Waals surface area (Å²) in [5.41, 5.74) is 1.34. The first-order valence-corrected chi connectivity index (χ1v) is 7.61. The van der Waals surface area contributed by atoms with E-state index in [2.05, 4.69) is 39.8 Å². The average Bonchev–Trinajstić information content (AvgIpc) is 3.11. The van der Waals surface area contributed by atoms with Crippen molar-refractivity contribution in [2.75, 3.05) is 19.6 Å². The summed E-state index contributed by atoms with van der Waals surface area (Å²) in [6, 6.07) is 10.9. The molecule has 4 nitrogen and oxygen atoms in total. The van der Waals surface area contributed by atoms with Crippen molar-refractivity contribution in [1.29, 1.82) is 0 Å². The van der Waals surface area contributed by atoms with Crippen LogP contribution in [-0.4, -0.2) is 42.5 Å². The molecule has 20 heavy (non-hydrogen) atoms. The summed E-state index contributed by atoms with van der Waals surface area (Å²) in [5.74, 6) is 0.189. The lowest BCUT2D eigenvalue weighted by molar-refractivity contribution is -0.123. The first-order valence-electron chi connectivity index (χ1n) is 7.61. The van der Waals surface area contributed by atoms with Crippen molar-refractivity contribution in [3.8, 4) is 0 Å². The quantitative estimate of drug-likeness (QED) is 0.864. The molecular weight excluding hydrogens is 250 g/mol. The van der Waals surface area contributed by atoms with Gasteiger partial charge in [0, 0.05) is 25.7 Å². The van der Waals surface area contributed by atoms with Crippen molar-refractivity contribution in [3.05, 3.63) is 35.9 Å². The predicted octanol–water partition coefficient (Wildman–Crippen LogP) is 1.13. The maximum atomic E-state index is 12.1. The van der Waals surface area contributed by atoms with E-state index < -0.39 is 0 Å². The minimum Gasteiger partial charge on any atom is -0.351 e. The van der Waals surface area contributed by atoms with Crippen molar-refractivity contribution in [2.45, 2.75) is 37.9 Å². The van der Waals surface area contributed by atoms with Crippen molar-refractivity contribution < 1.29 is 4.79 Å². The molecule has 3 rings (SSSR count). The van der Waals surface area contributed by atoms with E-state index in [1.807, 2.05) is 6.07 Å². The standard InChI is InChI=1S/C16H23N3O/c20-16(15-7-4-9-17-15)18-14-8-10-19(12-14)11-13-5-2-1-3-6-13/h1-3,5-6,14-15,17H,4,7-12H2,(H,18,20)/t14?,15-/m0/s1. The van der Waals surface area contributed by atoms with Gasteiger partial charge in [0.1, 0.15) is 0 Å². The van der Waals surface area contributed by atoms with Gasteiger partial charge in [-0.1, -0.05) is 30.3 Å². The Kier molecular flexibility index (Phi) is 4.33. The highest BCUT2D eigenvalue weighted by Crippen LogP contribution is 2.14. The Labute approximate surface area is 120 Å². The Morgan fingerprint density at radius 1 is 1.30 bits per heavy atom. The molecule has 0 aliphatic carbocycles. The molecule has 0 saturated carbocycles. The van der Waals surface area contributed by atoms with Crippen LogP contribution in [-0.2, 0) is 11.3 Å². The molecule has 2 heterocycles. The van der Waals surface area contributed by atoms with Crippen molar-refractivity contribution >= 4 is 5.91 Å². The molecule has 2 aliphatic heterocycles. The lowest BCUT2D eigenvalue weighted by atomic mass is 10.2. The third-order valence-electron chi connectivity index (χ3n) is 4.24. The van der Waals surface area contributed by atoms with Crippen molar-refractivity contribution in [1.82, 2.24) is 15.5 Å². The van der Waals surface area contributed by atoms with Crippen LogP contribution in [0, 0.1) is 0 Å². The van der Waals surface area contributed by atoms with Gasteiger partial charge in [0.25, 0.3) is 0 Å². The highest BCUT2D eigenvalue weighted by Gasteiger charge is 2.28. The lowest BCUT2D eigenvalue weighted by Gasteiger charge is -2.18. The summed E-state index contributed by atoms with van der Waals surface area (Å²) in [7, 11) is 0. The highest BCUT2D eigenvalue weighted by atomic mass is 16.2. The van der Waals surface area contributed by atoms with E-state index in [4.69, 9.17) is 0 Å². The topological polar surface area (TPSA) is 44.4 Å². The first kappa shape index (κ1) is 13.6. The Morgan fingerprint density at radius 3 is 2.90 bits per heavy atom. The minimum absolute atomic E-state index is 0.0400. The van der Waals surface area contributed by atoms with Crippen LogP contribution >= 0.6 is 0 Å². The molecule has 2 N–H and O–H groups in total. The Morgan fingerprint density at radius 2 is 2.15 bits per heavy atom. The molecule has 1 aromatic carbocycles. The number of hydrogen-bond acceptors (Lipinski definition) is 3. The summed E-state index contributed by atoms with van der Waals surface area (Å²) in [4.78, 5) is 14.5. The van der Waals surface area contributed by atoms with E-state index in [0.717, 1.165) is 45.4 Å². The van der Waals surface area contributed by atoms with E-state index in [1.165, 1.54) is 5.56 Å². The molecule has 0 aromatic heterocycles. The van der Waals surface area contributed by atoms with Gasteiger partial charge in [-0.25, -0.2) is 0 Å². The van der Waals surface area contributed by atoms with E-state index >= 15 is 0 Å². The summed E-state index contributed by atoms with van der Waals surface area (Å²) in [6.07, 6.45) is 3.15. The largest absolute Gasteiger partial charge is 0.351 e. The summed E-state index contributed by atoms with van der Waals surface area (Å²) in [5, 5.41) is 6.45. The predicted molar refractivity (Wildman–Crippen MR) is 79.3 cm³/mol. The molecule has 1 aromatic rings. The van der Waals surface area contributed by atoms with Crippen molar-refractivity contribution in [2.24, 2.45) is 0 Å². The third kappa shape index (κ3) is 3.38. The summed E-state index contributed by atoms with van der Waals surface area (Å²) in [6.45, 7) is 3.99. The number of carbonyl (C=O) groups excluding carboxylic acids is 1. The van der Waals surface area contributed by atoms with Gasteiger partial charge in [0.15, 0.2) is 0 Å². The van der Waals surface area contributed by atoms with E-state index in [9.17, 15) is 4.79 Å². The molecule has 1 unspecified atom stereocenters. The molecule has 4 heteroatoms. The molecule has 2 saturated heterocycles. The number of nitrogens with zero attached hydrogens (tertiary/aromatic N) is 1. The Balaban J connectivity index is 1.46. The molecule has 0 bridgehead atoms. The van der Waals surface area contributed by atoms with E-state index in [-0.39, 0.29) is 11.9 Å². The molecule has 2 fully saturated rings. The Bertz CT molecular complexity index is 442. The number of hydrogen-bond donors (Lipinski definition) is 2. The maximum Gasteiger partial charge on any atom is 0.237 e. The summed E-state index contributed by atoms with van der Waals surface area (Å²) < 4.78 is 0. The summed E-state index contributed by atoms with van der Waals surface area (Å²) >= 11 is 0. The fourth-order valence-corrected chi connectivity index (χ4v) is 3.15. The van der Waals surface area contributed by atoms with Gasteiger partial charge in [-0.3, -0.25) is 9.69 Å². The monoisotopic (exact) mass is 273 g/mol. The molecule has 108 valence electrons. The van der Waals surface area contributed by atoms with Gasteiger partial charge in [-0.05, 0) is 31.4 Å². The normalized spacial score (nSPS) is 26.8. The fourth-order valence-electron chi connectivity index (χ4n) is 3.15. The second kappa shape index (κ2) is 6.37. The van der Waals surface area contributed by atoms with Crippen LogP contribution in [0.3, 0.4) is 0 Å². The van der Waals surface area contributed by atoms with Gasteiger partial charge in [-0.15, -0.1) is 0 Å². The van der Waals surface area contributed by atoms with Crippen molar-refractivity contribution in [3.63, 3.8) is 0 Å². The van der Waals surface area contributed by atoms with E-state index in [0.29, 0.717) is 6.04 Å². The molecule has 0 spiro atoms.